The Morgan fingerprint density at radius 2 is 2.38 bits per heavy atom. The standard InChI is InChI=1S/C9H11BrN2O4/c10-3-8-15-5-6(16-8)4-12-2-1-7(13)11-9(12)14/h1-2,6,8H,3-5H2,(H,11,13,14)/t6-,8-/m1/s1. The van der Waals surface area contributed by atoms with Crippen molar-refractivity contribution in [2.45, 2.75) is 18.9 Å². The zero-order valence-electron chi connectivity index (χ0n) is 8.39. The molecule has 2 heterocycles. The van der Waals surface area contributed by atoms with Crippen molar-refractivity contribution in [2.24, 2.45) is 0 Å². The second kappa shape index (κ2) is 4.94. The van der Waals surface area contributed by atoms with E-state index in [0.717, 1.165) is 0 Å². The maximum Gasteiger partial charge on any atom is 0.328 e. The molecule has 1 aliphatic heterocycles. The summed E-state index contributed by atoms with van der Waals surface area (Å²) in [6.45, 7) is 0.820. The van der Waals surface area contributed by atoms with E-state index in [-0.39, 0.29) is 12.4 Å². The van der Waals surface area contributed by atoms with Crippen LogP contribution in [0.4, 0.5) is 0 Å². The second-order valence-corrected chi connectivity index (χ2v) is 4.09. The van der Waals surface area contributed by atoms with Crippen LogP contribution in [0.5, 0.6) is 0 Å². The molecule has 7 heteroatoms. The highest BCUT2D eigenvalue weighted by Crippen LogP contribution is 2.14. The lowest BCUT2D eigenvalue weighted by molar-refractivity contribution is -0.0400. The molecule has 0 aliphatic carbocycles. The van der Waals surface area contributed by atoms with Gasteiger partial charge in [-0.05, 0) is 0 Å². The Labute approximate surface area is 99.3 Å². The van der Waals surface area contributed by atoms with Gasteiger partial charge in [-0.2, -0.15) is 0 Å². The first-order valence-electron chi connectivity index (χ1n) is 4.82. The smallest absolute Gasteiger partial charge is 0.328 e. The van der Waals surface area contributed by atoms with Gasteiger partial charge in [0.05, 0.1) is 18.5 Å². The minimum atomic E-state index is -0.432. The molecule has 88 valence electrons. The topological polar surface area (TPSA) is 73.3 Å². The minimum Gasteiger partial charge on any atom is -0.349 e. The molecule has 1 aliphatic rings. The lowest BCUT2D eigenvalue weighted by Gasteiger charge is -2.10. The molecular formula is C9H11BrN2O4. The lowest BCUT2D eigenvalue weighted by atomic mass is 10.4. The molecule has 0 radical (unpaired) electrons. The van der Waals surface area contributed by atoms with E-state index in [1.165, 1.54) is 16.8 Å². The fraction of sp³-hybridized carbons (Fsp3) is 0.556. The molecule has 1 fully saturated rings. The number of aromatic nitrogens is 2. The highest BCUT2D eigenvalue weighted by Gasteiger charge is 2.25. The van der Waals surface area contributed by atoms with Crippen LogP contribution in [0.2, 0.25) is 0 Å². The van der Waals surface area contributed by atoms with E-state index in [9.17, 15) is 9.59 Å². The Balaban J connectivity index is 2.05. The molecule has 1 N–H and O–H groups in total. The molecular weight excluding hydrogens is 280 g/mol. The van der Waals surface area contributed by atoms with Gasteiger partial charge in [0, 0.05) is 12.3 Å². The number of rotatable bonds is 3. The van der Waals surface area contributed by atoms with Crippen molar-refractivity contribution in [2.75, 3.05) is 11.9 Å². The fourth-order valence-corrected chi connectivity index (χ4v) is 1.83. The molecule has 1 aromatic heterocycles. The van der Waals surface area contributed by atoms with Gasteiger partial charge in [0.15, 0.2) is 6.29 Å². The maximum atomic E-state index is 11.4. The summed E-state index contributed by atoms with van der Waals surface area (Å²) in [5.74, 6) is 0. The fourth-order valence-electron chi connectivity index (χ4n) is 1.49. The van der Waals surface area contributed by atoms with Crippen molar-refractivity contribution in [1.82, 2.24) is 9.55 Å². The van der Waals surface area contributed by atoms with Gasteiger partial charge in [0.25, 0.3) is 5.56 Å². The van der Waals surface area contributed by atoms with Gasteiger partial charge in [-0.25, -0.2) is 4.79 Å². The number of hydrogen-bond donors (Lipinski definition) is 1. The molecule has 0 amide bonds. The summed E-state index contributed by atoms with van der Waals surface area (Å²) in [5.41, 5.74) is -0.832. The molecule has 2 rings (SSSR count). The average Bonchev–Trinajstić information content (AvgIpc) is 2.70. The number of H-pyrrole nitrogens is 1. The average molecular weight is 291 g/mol. The third-order valence-electron chi connectivity index (χ3n) is 2.24. The van der Waals surface area contributed by atoms with Crippen molar-refractivity contribution < 1.29 is 9.47 Å². The van der Waals surface area contributed by atoms with Gasteiger partial charge in [0.2, 0.25) is 0 Å². The highest BCUT2D eigenvalue weighted by atomic mass is 79.9. The van der Waals surface area contributed by atoms with Gasteiger partial charge in [-0.3, -0.25) is 14.3 Å². The van der Waals surface area contributed by atoms with E-state index >= 15 is 0 Å². The first-order chi connectivity index (χ1) is 7.69. The van der Waals surface area contributed by atoms with Crippen molar-refractivity contribution in [1.29, 1.82) is 0 Å². The quantitative estimate of drug-likeness (QED) is 0.774. The summed E-state index contributed by atoms with van der Waals surface area (Å²) in [5, 5.41) is 0.601. The van der Waals surface area contributed by atoms with Gasteiger partial charge in [-0.1, -0.05) is 15.9 Å². The Morgan fingerprint density at radius 3 is 3.00 bits per heavy atom. The number of alkyl halides is 1. The summed E-state index contributed by atoms with van der Waals surface area (Å²) in [6.07, 6.45) is 1.03. The first kappa shape index (κ1) is 11.6. The van der Waals surface area contributed by atoms with E-state index < -0.39 is 11.2 Å². The van der Waals surface area contributed by atoms with Gasteiger partial charge in [-0.15, -0.1) is 0 Å². The zero-order chi connectivity index (χ0) is 11.5. The number of aromatic amines is 1. The molecule has 0 saturated carbocycles. The number of ether oxygens (including phenoxy) is 2. The van der Waals surface area contributed by atoms with E-state index in [4.69, 9.17) is 9.47 Å². The van der Waals surface area contributed by atoms with Crippen LogP contribution in [-0.4, -0.2) is 33.9 Å². The van der Waals surface area contributed by atoms with E-state index in [0.29, 0.717) is 18.5 Å². The highest BCUT2D eigenvalue weighted by molar-refractivity contribution is 9.09. The van der Waals surface area contributed by atoms with Gasteiger partial charge >= 0.3 is 5.69 Å². The van der Waals surface area contributed by atoms with Crippen LogP contribution in [0.25, 0.3) is 0 Å². The Bertz CT molecular complexity index is 469. The Morgan fingerprint density at radius 1 is 1.56 bits per heavy atom. The predicted octanol–water partition coefficient (Wildman–Crippen LogP) is -0.327. The summed E-state index contributed by atoms with van der Waals surface area (Å²) in [4.78, 5) is 24.4. The van der Waals surface area contributed by atoms with Crippen molar-refractivity contribution in [3.8, 4) is 0 Å². The molecule has 0 aromatic carbocycles. The number of nitrogens with zero attached hydrogens (tertiary/aromatic N) is 1. The van der Waals surface area contributed by atoms with E-state index in [2.05, 4.69) is 20.9 Å². The van der Waals surface area contributed by atoms with Crippen LogP contribution in [0, 0.1) is 0 Å². The molecule has 0 bridgehead atoms. The summed E-state index contributed by atoms with van der Waals surface area (Å²) >= 11 is 3.25. The minimum absolute atomic E-state index is 0.161. The van der Waals surface area contributed by atoms with Crippen LogP contribution in [0.1, 0.15) is 0 Å². The Kier molecular flexibility index (Phi) is 3.57. The van der Waals surface area contributed by atoms with Crippen molar-refractivity contribution >= 4 is 15.9 Å². The normalized spacial score (nSPS) is 24.8. The molecule has 0 spiro atoms. The molecule has 2 atom stereocenters. The summed E-state index contributed by atoms with van der Waals surface area (Å²) < 4.78 is 12.2. The SMILES string of the molecule is O=c1ccn(C[C@@H]2CO[C@@H](CBr)O2)c(=O)[nH]1. The van der Waals surface area contributed by atoms with Crippen LogP contribution in [0.3, 0.4) is 0 Å². The third kappa shape index (κ3) is 2.60. The third-order valence-corrected chi connectivity index (χ3v) is 2.76. The van der Waals surface area contributed by atoms with Crippen molar-refractivity contribution in [3.05, 3.63) is 33.1 Å². The van der Waals surface area contributed by atoms with Crippen LogP contribution in [0.15, 0.2) is 21.9 Å². The van der Waals surface area contributed by atoms with Crippen LogP contribution < -0.4 is 11.2 Å². The number of hydrogen-bond acceptors (Lipinski definition) is 4. The second-order valence-electron chi connectivity index (χ2n) is 3.44. The molecule has 1 saturated heterocycles. The molecule has 16 heavy (non-hydrogen) atoms. The maximum absolute atomic E-state index is 11.4. The molecule has 0 unspecified atom stereocenters. The Hall–Kier alpha value is -0.920. The van der Waals surface area contributed by atoms with E-state index in [1.54, 1.807) is 0 Å². The van der Waals surface area contributed by atoms with Crippen molar-refractivity contribution in [3.63, 3.8) is 0 Å². The first-order valence-corrected chi connectivity index (χ1v) is 5.94. The molecule has 6 nitrogen and oxygen atoms in total. The molecule has 1 aromatic rings. The summed E-state index contributed by atoms with van der Waals surface area (Å²) in [7, 11) is 0. The lowest BCUT2D eigenvalue weighted by Crippen LogP contribution is -2.33. The van der Waals surface area contributed by atoms with Gasteiger partial charge in [0.1, 0.15) is 6.10 Å². The number of nitrogens with one attached hydrogen (secondary N) is 1. The summed E-state index contributed by atoms with van der Waals surface area (Å²) in [6, 6.07) is 1.30. The monoisotopic (exact) mass is 290 g/mol. The van der Waals surface area contributed by atoms with Crippen LogP contribution >= 0.6 is 15.9 Å². The largest absolute Gasteiger partial charge is 0.349 e. The van der Waals surface area contributed by atoms with Crippen LogP contribution in [-0.2, 0) is 16.0 Å². The number of halogens is 1. The zero-order valence-corrected chi connectivity index (χ0v) is 9.97. The van der Waals surface area contributed by atoms with E-state index in [1.807, 2.05) is 0 Å². The van der Waals surface area contributed by atoms with Gasteiger partial charge < -0.3 is 9.47 Å². The predicted molar refractivity (Wildman–Crippen MR) is 59.7 cm³/mol.